The summed E-state index contributed by atoms with van der Waals surface area (Å²) in [7, 11) is 0. The van der Waals surface area contributed by atoms with Gasteiger partial charge < -0.3 is 5.32 Å². The van der Waals surface area contributed by atoms with E-state index < -0.39 is 17.3 Å². The highest BCUT2D eigenvalue weighted by Crippen LogP contribution is 2.19. The van der Waals surface area contributed by atoms with Gasteiger partial charge in [0.1, 0.15) is 11.5 Å². The minimum atomic E-state index is -0.722. The number of hydrogen-bond donors (Lipinski definition) is 2. The molecule has 1 aromatic carbocycles. The van der Waals surface area contributed by atoms with E-state index in [1.807, 2.05) is 0 Å². The maximum atomic E-state index is 13.3. The molecule has 0 fully saturated rings. The molecule has 5 nitrogen and oxygen atoms in total. The summed E-state index contributed by atoms with van der Waals surface area (Å²) < 4.78 is 13.3. The minimum absolute atomic E-state index is 0.0210. The monoisotopic (exact) mass is 282 g/mol. The lowest BCUT2D eigenvalue weighted by Crippen LogP contribution is -2.41. The molecule has 0 atom stereocenters. The maximum absolute atomic E-state index is 13.3. The highest BCUT2D eigenvalue weighted by Gasteiger charge is 2.26. The van der Waals surface area contributed by atoms with Crippen LogP contribution in [-0.2, 0) is 5.54 Å². The summed E-state index contributed by atoms with van der Waals surface area (Å²) >= 11 is 5.57. The number of benzene rings is 1. The summed E-state index contributed by atoms with van der Waals surface area (Å²) in [6.45, 7) is 3.55. The molecule has 1 aromatic heterocycles. The van der Waals surface area contributed by atoms with Gasteiger partial charge in [0.15, 0.2) is 0 Å². The van der Waals surface area contributed by atoms with Gasteiger partial charge >= 0.3 is 0 Å². The largest absolute Gasteiger partial charge is 0.341 e. The van der Waals surface area contributed by atoms with E-state index in [9.17, 15) is 9.18 Å². The van der Waals surface area contributed by atoms with Crippen molar-refractivity contribution in [3.05, 3.63) is 46.5 Å². The fourth-order valence-electron chi connectivity index (χ4n) is 1.56. The molecule has 100 valence electrons. The molecular formula is C12H12ClFN4O. The molecule has 0 aliphatic carbocycles. The predicted molar refractivity (Wildman–Crippen MR) is 68.3 cm³/mol. The Morgan fingerprint density at radius 3 is 2.79 bits per heavy atom. The van der Waals surface area contributed by atoms with Gasteiger partial charge in [-0.25, -0.2) is 4.39 Å². The van der Waals surface area contributed by atoms with Crippen molar-refractivity contribution >= 4 is 17.5 Å². The lowest BCUT2D eigenvalue weighted by molar-refractivity contribution is 0.0910. The third-order valence-corrected chi connectivity index (χ3v) is 2.97. The van der Waals surface area contributed by atoms with E-state index >= 15 is 0 Å². The first-order valence-corrected chi connectivity index (χ1v) is 5.92. The molecule has 0 radical (unpaired) electrons. The number of H-pyrrole nitrogens is 1. The van der Waals surface area contributed by atoms with Crippen molar-refractivity contribution in [3.63, 3.8) is 0 Å². The molecule has 1 amide bonds. The van der Waals surface area contributed by atoms with Gasteiger partial charge in [-0.2, -0.15) is 15.4 Å². The van der Waals surface area contributed by atoms with E-state index in [-0.39, 0.29) is 10.6 Å². The number of rotatable bonds is 3. The number of nitrogens with one attached hydrogen (secondary N) is 2. The topological polar surface area (TPSA) is 70.7 Å². The second-order valence-corrected chi connectivity index (χ2v) is 4.97. The Balaban J connectivity index is 2.19. The molecular weight excluding hydrogens is 271 g/mol. The number of carbonyl (C=O) groups excluding carboxylic acids is 1. The number of aromatic nitrogens is 3. The molecule has 7 heteroatoms. The Hall–Kier alpha value is -1.95. The standard InChI is InChI=1S/C12H12ClFN4O/c1-12(2,10-6-15-18-17-10)16-11(19)7-3-4-8(13)9(14)5-7/h3-6H,1-2H3,(H,16,19)(H,15,17,18). The van der Waals surface area contributed by atoms with Crippen LogP contribution in [0.15, 0.2) is 24.4 Å². The Morgan fingerprint density at radius 2 is 2.21 bits per heavy atom. The van der Waals surface area contributed by atoms with E-state index in [4.69, 9.17) is 11.6 Å². The summed E-state index contributed by atoms with van der Waals surface area (Å²) in [6.07, 6.45) is 1.52. The summed E-state index contributed by atoms with van der Waals surface area (Å²) in [5.74, 6) is -1.04. The molecule has 0 aliphatic rings. The SMILES string of the molecule is CC(C)(NC(=O)c1ccc(Cl)c(F)c1)c1cn[nH]n1. The molecule has 0 bridgehead atoms. The van der Waals surface area contributed by atoms with Crippen LogP contribution in [0.2, 0.25) is 5.02 Å². The smallest absolute Gasteiger partial charge is 0.252 e. The lowest BCUT2D eigenvalue weighted by Gasteiger charge is -2.23. The average molecular weight is 283 g/mol. The van der Waals surface area contributed by atoms with Crippen LogP contribution in [0, 0.1) is 5.82 Å². The van der Waals surface area contributed by atoms with E-state index in [1.165, 1.54) is 18.3 Å². The van der Waals surface area contributed by atoms with Gasteiger partial charge in [-0.05, 0) is 32.0 Å². The first-order valence-electron chi connectivity index (χ1n) is 5.54. The summed E-state index contributed by atoms with van der Waals surface area (Å²) in [5.41, 5.74) is 0.0500. The van der Waals surface area contributed by atoms with Crippen LogP contribution in [0.25, 0.3) is 0 Å². The van der Waals surface area contributed by atoms with Crippen LogP contribution in [0.3, 0.4) is 0 Å². The van der Waals surface area contributed by atoms with Crippen molar-refractivity contribution in [2.24, 2.45) is 0 Å². The van der Waals surface area contributed by atoms with Crippen LogP contribution in [-0.4, -0.2) is 21.3 Å². The van der Waals surface area contributed by atoms with Crippen molar-refractivity contribution in [3.8, 4) is 0 Å². The van der Waals surface area contributed by atoms with Gasteiger partial charge in [0, 0.05) is 5.56 Å². The highest BCUT2D eigenvalue weighted by molar-refractivity contribution is 6.30. The molecule has 0 spiro atoms. The number of amides is 1. The van der Waals surface area contributed by atoms with Crippen LogP contribution < -0.4 is 5.32 Å². The van der Waals surface area contributed by atoms with E-state index in [0.29, 0.717) is 5.69 Å². The molecule has 2 aromatic rings. The maximum Gasteiger partial charge on any atom is 0.252 e. The van der Waals surface area contributed by atoms with Crippen LogP contribution in [0.4, 0.5) is 4.39 Å². The quantitative estimate of drug-likeness (QED) is 0.907. The Kier molecular flexibility index (Phi) is 3.53. The van der Waals surface area contributed by atoms with Crippen molar-refractivity contribution in [2.45, 2.75) is 19.4 Å². The zero-order valence-corrected chi connectivity index (χ0v) is 11.1. The average Bonchev–Trinajstić information content (AvgIpc) is 2.86. The van der Waals surface area contributed by atoms with Gasteiger partial charge in [-0.15, -0.1) is 0 Å². The third-order valence-electron chi connectivity index (χ3n) is 2.66. The van der Waals surface area contributed by atoms with E-state index in [2.05, 4.69) is 20.7 Å². The van der Waals surface area contributed by atoms with Crippen molar-refractivity contribution in [1.82, 2.24) is 20.7 Å². The highest BCUT2D eigenvalue weighted by atomic mass is 35.5. The molecule has 0 saturated heterocycles. The fourth-order valence-corrected chi connectivity index (χ4v) is 1.68. The first-order chi connectivity index (χ1) is 8.90. The second kappa shape index (κ2) is 4.97. The number of hydrogen-bond acceptors (Lipinski definition) is 3. The van der Waals surface area contributed by atoms with Crippen molar-refractivity contribution in [1.29, 1.82) is 0 Å². The Morgan fingerprint density at radius 1 is 1.47 bits per heavy atom. The Labute approximate surface area is 114 Å². The van der Waals surface area contributed by atoms with E-state index in [0.717, 1.165) is 6.07 Å². The van der Waals surface area contributed by atoms with Gasteiger partial charge in [-0.3, -0.25) is 4.79 Å². The Bertz CT molecular complexity index is 598. The first kappa shape index (κ1) is 13.5. The van der Waals surface area contributed by atoms with Gasteiger partial charge in [0.25, 0.3) is 5.91 Å². The zero-order chi connectivity index (χ0) is 14.0. The predicted octanol–water partition coefficient (Wildman–Crippen LogP) is 2.26. The lowest BCUT2D eigenvalue weighted by atomic mass is 10.0. The molecule has 0 aliphatic heterocycles. The van der Waals surface area contributed by atoms with Crippen molar-refractivity contribution < 1.29 is 9.18 Å². The summed E-state index contributed by atoms with van der Waals surface area (Å²) in [5, 5.41) is 12.8. The normalized spacial score (nSPS) is 11.4. The number of nitrogens with zero attached hydrogens (tertiary/aromatic N) is 2. The third kappa shape index (κ3) is 2.90. The van der Waals surface area contributed by atoms with Gasteiger partial charge in [0.2, 0.25) is 0 Å². The molecule has 19 heavy (non-hydrogen) atoms. The molecule has 2 N–H and O–H groups in total. The number of carbonyl (C=O) groups is 1. The van der Waals surface area contributed by atoms with Crippen LogP contribution in [0.5, 0.6) is 0 Å². The summed E-state index contributed by atoms with van der Waals surface area (Å²) in [6, 6.07) is 3.89. The molecule has 2 rings (SSSR count). The molecule has 0 saturated carbocycles. The number of halogens is 2. The van der Waals surface area contributed by atoms with Gasteiger partial charge in [0.05, 0.1) is 16.8 Å². The fraction of sp³-hybridized carbons (Fsp3) is 0.250. The van der Waals surface area contributed by atoms with Crippen molar-refractivity contribution in [2.75, 3.05) is 0 Å². The second-order valence-electron chi connectivity index (χ2n) is 4.56. The zero-order valence-electron chi connectivity index (χ0n) is 10.4. The van der Waals surface area contributed by atoms with Gasteiger partial charge in [-0.1, -0.05) is 11.6 Å². The molecule has 1 heterocycles. The minimum Gasteiger partial charge on any atom is -0.341 e. The summed E-state index contributed by atoms with van der Waals surface area (Å²) in [4.78, 5) is 12.0. The van der Waals surface area contributed by atoms with E-state index in [1.54, 1.807) is 13.8 Å². The van der Waals surface area contributed by atoms with Crippen LogP contribution >= 0.6 is 11.6 Å². The number of aromatic amines is 1. The van der Waals surface area contributed by atoms with Crippen LogP contribution in [0.1, 0.15) is 29.9 Å². The molecule has 0 unspecified atom stereocenters.